The number of benzene rings is 5. The van der Waals surface area contributed by atoms with Crippen molar-refractivity contribution in [1.82, 2.24) is 0 Å². The van der Waals surface area contributed by atoms with E-state index in [2.05, 4.69) is 172 Å². The zero-order valence-electron chi connectivity index (χ0n) is 23.1. The van der Waals surface area contributed by atoms with Gasteiger partial charge < -0.3 is 0 Å². The summed E-state index contributed by atoms with van der Waals surface area (Å²) in [4.78, 5) is 0. The van der Waals surface area contributed by atoms with Crippen LogP contribution in [0.4, 0.5) is 0 Å². The molecular formula is C38H34P2. The number of rotatable bonds is 7. The Morgan fingerprint density at radius 1 is 0.500 bits per heavy atom. The monoisotopic (exact) mass is 552 g/mol. The van der Waals surface area contributed by atoms with Gasteiger partial charge >= 0.3 is 0 Å². The molecule has 0 nitrogen and oxygen atoms in total. The lowest BCUT2D eigenvalue weighted by Crippen LogP contribution is -2.37. The van der Waals surface area contributed by atoms with Gasteiger partial charge in [-0.2, -0.15) is 0 Å². The van der Waals surface area contributed by atoms with Crippen molar-refractivity contribution >= 4 is 53.2 Å². The van der Waals surface area contributed by atoms with E-state index in [0.717, 1.165) is 6.42 Å². The summed E-state index contributed by atoms with van der Waals surface area (Å²) in [5, 5.41) is 8.49. The average Bonchev–Trinajstić information content (AvgIpc) is 3.00. The second-order valence-electron chi connectivity index (χ2n) is 10.8. The molecule has 40 heavy (non-hydrogen) atoms. The number of hydrogen-bond acceptors (Lipinski definition) is 0. The third-order valence-electron chi connectivity index (χ3n) is 7.58. The van der Waals surface area contributed by atoms with Crippen LogP contribution in [-0.2, 0) is 0 Å². The van der Waals surface area contributed by atoms with Crippen molar-refractivity contribution in [3.63, 3.8) is 0 Å². The quantitative estimate of drug-likeness (QED) is 0.183. The summed E-state index contributed by atoms with van der Waals surface area (Å²) in [6.07, 6.45) is 7.97. The zero-order chi connectivity index (χ0) is 27.4. The highest BCUT2D eigenvalue weighted by molar-refractivity contribution is 7.85. The van der Waals surface area contributed by atoms with Gasteiger partial charge in [0.15, 0.2) is 0 Å². The number of hydrogen-bond donors (Lipinski definition) is 0. The lowest BCUT2D eigenvalue weighted by atomic mass is 9.75. The van der Waals surface area contributed by atoms with Gasteiger partial charge in [-0.25, -0.2) is 0 Å². The van der Waals surface area contributed by atoms with E-state index in [4.69, 9.17) is 0 Å². The van der Waals surface area contributed by atoms with Gasteiger partial charge in [0.05, 0.1) is 0 Å². The minimum Gasteiger partial charge on any atom is -0.0837 e. The second kappa shape index (κ2) is 11.9. The Balaban J connectivity index is 1.71. The maximum atomic E-state index is 2.41. The summed E-state index contributed by atoms with van der Waals surface area (Å²) in [5.41, 5.74) is 2.88. The maximum Gasteiger partial charge on any atom is 0.000798 e. The summed E-state index contributed by atoms with van der Waals surface area (Å²) in [6.45, 7) is 4.78. The van der Waals surface area contributed by atoms with Gasteiger partial charge in [0.2, 0.25) is 0 Å². The van der Waals surface area contributed by atoms with Crippen LogP contribution in [0.1, 0.15) is 25.8 Å². The van der Waals surface area contributed by atoms with Crippen molar-refractivity contribution in [2.24, 2.45) is 5.41 Å². The smallest absolute Gasteiger partial charge is 0.000798 e. The fourth-order valence-electron chi connectivity index (χ4n) is 5.62. The third kappa shape index (κ3) is 5.40. The van der Waals surface area contributed by atoms with E-state index in [0.29, 0.717) is 0 Å². The van der Waals surface area contributed by atoms with Crippen LogP contribution in [0.15, 0.2) is 158 Å². The highest BCUT2D eigenvalue weighted by Gasteiger charge is 2.33. The van der Waals surface area contributed by atoms with E-state index in [-0.39, 0.29) is 5.41 Å². The predicted octanol–water partition coefficient (Wildman–Crippen LogP) is 7.57. The number of allylic oxidation sites excluding steroid dienone is 4. The zero-order valence-corrected chi connectivity index (χ0v) is 24.9. The normalized spacial score (nSPS) is 14.3. The first-order valence-electron chi connectivity index (χ1n) is 13.9. The predicted molar refractivity (Wildman–Crippen MR) is 179 cm³/mol. The van der Waals surface area contributed by atoms with E-state index < -0.39 is 15.8 Å². The minimum absolute atomic E-state index is 0.0543. The molecule has 0 amide bonds. The van der Waals surface area contributed by atoms with Gasteiger partial charge in [-0.05, 0) is 65.3 Å². The Bertz CT molecular complexity index is 1540. The molecule has 0 atom stereocenters. The van der Waals surface area contributed by atoms with Gasteiger partial charge in [-0.3, -0.25) is 0 Å². The topological polar surface area (TPSA) is 0 Å². The lowest BCUT2D eigenvalue weighted by molar-refractivity contribution is 0.506. The van der Waals surface area contributed by atoms with Crippen molar-refractivity contribution in [3.05, 3.63) is 163 Å². The fraction of sp³-hybridized carbons (Fsp3) is 0.105. The summed E-state index contributed by atoms with van der Waals surface area (Å²) >= 11 is 0. The van der Waals surface area contributed by atoms with Crippen LogP contribution in [0.25, 0.3) is 5.57 Å². The lowest BCUT2D eigenvalue weighted by Gasteiger charge is -2.35. The minimum atomic E-state index is -0.816. The largest absolute Gasteiger partial charge is 0.0837 e. The molecule has 0 bridgehead atoms. The van der Waals surface area contributed by atoms with Crippen molar-refractivity contribution < 1.29 is 0 Å². The Morgan fingerprint density at radius 3 is 1.40 bits per heavy atom. The molecule has 0 fully saturated rings. The molecule has 0 heterocycles. The summed E-state index contributed by atoms with van der Waals surface area (Å²) in [7, 11) is -1.59. The van der Waals surface area contributed by atoms with Crippen molar-refractivity contribution in [1.29, 1.82) is 0 Å². The van der Waals surface area contributed by atoms with E-state index >= 15 is 0 Å². The molecule has 196 valence electrons. The molecule has 0 spiro atoms. The fourth-order valence-corrected chi connectivity index (χ4v) is 11.1. The Kier molecular flexibility index (Phi) is 7.93. The van der Waals surface area contributed by atoms with Gasteiger partial charge in [0, 0.05) is 5.30 Å². The van der Waals surface area contributed by atoms with Crippen molar-refractivity contribution in [2.75, 3.05) is 0 Å². The summed E-state index contributed by atoms with van der Waals surface area (Å²) in [5.74, 6) is 0. The first kappa shape index (κ1) is 26.7. The van der Waals surface area contributed by atoms with E-state index in [1.807, 2.05) is 0 Å². The SMILES string of the molecule is CC1(C)CC=CC=C1c1cccc(P(c2ccccc2)c2ccccc2)c1P(c1ccccc1)c1ccccc1. The van der Waals surface area contributed by atoms with Gasteiger partial charge in [0.25, 0.3) is 0 Å². The van der Waals surface area contributed by atoms with Crippen LogP contribution < -0.4 is 31.8 Å². The Hall–Kier alpha value is -3.56. The molecular weight excluding hydrogens is 518 g/mol. The summed E-state index contributed by atoms with van der Waals surface area (Å²) < 4.78 is 0. The first-order chi connectivity index (χ1) is 19.6. The van der Waals surface area contributed by atoms with Gasteiger partial charge in [0.1, 0.15) is 0 Å². The molecule has 1 aliphatic rings. The molecule has 5 aromatic carbocycles. The molecule has 2 heteroatoms. The molecule has 0 saturated carbocycles. The van der Waals surface area contributed by atoms with E-state index in [9.17, 15) is 0 Å². The van der Waals surface area contributed by atoms with Crippen molar-refractivity contribution in [3.8, 4) is 0 Å². The highest BCUT2D eigenvalue weighted by atomic mass is 31.1. The van der Waals surface area contributed by atoms with Crippen molar-refractivity contribution in [2.45, 2.75) is 20.3 Å². The molecule has 1 aliphatic carbocycles. The summed E-state index contributed by atoms with van der Waals surface area (Å²) in [6, 6.07) is 51.7. The Morgan fingerprint density at radius 2 is 0.950 bits per heavy atom. The van der Waals surface area contributed by atoms with Crippen LogP contribution in [-0.4, -0.2) is 0 Å². The van der Waals surface area contributed by atoms with Crippen LogP contribution in [0.5, 0.6) is 0 Å². The molecule has 0 N–H and O–H groups in total. The molecule has 5 aromatic rings. The van der Waals surface area contributed by atoms with Crippen LogP contribution >= 0.6 is 15.8 Å². The van der Waals surface area contributed by atoms with E-state index in [1.54, 1.807) is 0 Å². The average molecular weight is 553 g/mol. The first-order valence-corrected chi connectivity index (χ1v) is 16.6. The molecule has 0 aromatic heterocycles. The molecule has 6 rings (SSSR count). The van der Waals surface area contributed by atoms with Gasteiger partial charge in [-0.15, -0.1) is 0 Å². The van der Waals surface area contributed by atoms with Crippen LogP contribution in [0.2, 0.25) is 0 Å². The molecule has 0 aliphatic heterocycles. The molecule has 0 saturated heterocycles. The molecule has 0 unspecified atom stereocenters. The maximum absolute atomic E-state index is 2.41. The highest BCUT2D eigenvalue weighted by Crippen LogP contribution is 2.45. The van der Waals surface area contributed by atoms with Crippen LogP contribution in [0, 0.1) is 5.41 Å². The van der Waals surface area contributed by atoms with E-state index in [1.165, 1.54) is 43.0 Å². The standard InChI is InChI=1S/C38H34P2/c1-38(2)29-16-15-27-35(38)34-26-17-28-36(39(30-18-7-3-8-19-30)31-20-9-4-10-21-31)37(34)40(32-22-11-5-12-23-32)33-24-13-6-14-25-33/h3-28H,29H2,1-2H3. The van der Waals surface area contributed by atoms with Crippen LogP contribution in [0.3, 0.4) is 0 Å². The Labute approximate surface area is 241 Å². The third-order valence-corrected chi connectivity index (χ3v) is 12.8. The second-order valence-corrected chi connectivity index (χ2v) is 15.1. The van der Waals surface area contributed by atoms with Gasteiger partial charge in [-0.1, -0.05) is 172 Å². The molecule has 0 radical (unpaired) electrons.